The second-order valence-corrected chi connectivity index (χ2v) is 45.7. The number of carbonyl (C=O) groups is 1. The average molecular weight is 1120 g/mol. The monoisotopic (exact) mass is 1110 g/mol. The molecule has 0 bridgehead atoms. The highest BCUT2D eigenvalue weighted by molar-refractivity contribution is 6.76. The van der Waals surface area contributed by atoms with Gasteiger partial charge in [0.05, 0.1) is 66.0 Å². The summed E-state index contributed by atoms with van der Waals surface area (Å²) in [6.07, 6.45) is 6.50. The molecule has 6 saturated heterocycles. The zero-order valence-corrected chi connectivity index (χ0v) is 53.8. The summed E-state index contributed by atoms with van der Waals surface area (Å²) < 4.78 is 86.0. The van der Waals surface area contributed by atoms with Crippen LogP contribution in [0.3, 0.4) is 0 Å². The first-order valence-electron chi connectivity index (χ1n) is 29.6. The summed E-state index contributed by atoms with van der Waals surface area (Å²) in [5.41, 5.74) is -1.11. The summed E-state index contributed by atoms with van der Waals surface area (Å²) in [4.78, 5) is 13.3. The van der Waals surface area contributed by atoms with Crippen LogP contribution in [0, 0.1) is 41.4 Å². The van der Waals surface area contributed by atoms with E-state index in [1.165, 1.54) is 0 Å². The van der Waals surface area contributed by atoms with Gasteiger partial charge in [-0.05, 0) is 102 Å². The average Bonchev–Trinajstić information content (AvgIpc) is 3.99. The smallest absolute Gasteiger partial charge is 0.313 e. The minimum Gasteiger partial charge on any atom is -0.438 e. The predicted molar refractivity (Wildman–Crippen MR) is 302 cm³/mol. The Morgan fingerprint density at radius 3 is 1.91 bits per heavy atom. The molecule has 17 heteroatoms. The van der Waals surface area contributed by atoms with Crippen molar-refractivity contribution in [2.45, 2.75) is 269 Å². The molecule has 0 saturated carbocycles. The minimum absolute atomic E-state index is 0.00832. The SMILES string of the molecule is CO[C@@H]1C[C@@H](C[C@H]2CC[C@H](C)[C@H]([C@@H](C)C(=O)OCOCC[Si](C)(C)C)O2)OC2(O[C@](C)([C@H]3CC[C@@](C)([C@@H]4O[C@@H]([C@H]5O[C@](COCOCC[Si](C)(C)C)(OCOCC[Si](C)(C)C)C(C)CC5C)C[C@@H]4C)O3)C[C@H]2C)[C@@H]1C. The highest BCUT2D eigenvalue weighted by Gasteiger charge is 2.65. The van der Waals surface area contributed by atoms with Crippen molar-refractivity contribution in [1.29, 1.82) is 0 Å². The normalized spacial score (nSPS) is 41.4. The Balaban J connectivity index is 1.08. The number of esters is 1. The first kappa shape index (κ1) is 63.8. The molecule has 6 fully saturated rings. The van der Waals surface area contributed by atoms with Gasteiger partial charge in [0.1, 0.15) is 20.2 Å². The molecule has 0 aliphatic carbocycles. The fourth-order valence-electron chi connectivity index (χ4n) is 13.4. The van der Waals surface area contributed by atoms with E-state index in [0.717, 1.165) is 69.5 Å². The van der Waals surface area contributed by atoms with Crippen LogP contribution in [0.15, 0.2) is 0 Å². The molecule has 3 unspecified atom stereocenters. The maximum atomic E-state index is 13.3. The van der Waals surface area contributed by atoms with Crippen LogP contribution in [0.5, 0.6) is 0 Å². The van der Waals surface area contributed by atoms with Crippen molar-refractivity contribution in [2.24, 2.45) is 41.4 Å². The van der Waals surface area contributed by atoms with Gasteiger partial charge in [-0.1, -0.05) is 100 Å². The summed E-state index contributed by atoms with van der Waals surface area (Å²) in [6, 6.07) is 3.18. The third-order valence-electron chi connectivity index (χ3n) is 18.3. The van der Waals surface area contributed by atoms with Crippen molar-refractivity contribution in [1.82, 2.24) is 0 Å². The van der Waals surface area contributed by atoms with Crippen LogP contribution in [0.4, 0.5) is 0 Å². The first-order valence-corrected chi connectivity index (χ1v) is 40.7. The van der Waals surface area contributed by atoms with E-state index in [4.69, 9.17) is 61.6 Å². The fraction of sp³-hybridized carbons (Fsp3) is 0.983. The number of ether oxygens (including phenoxy) is 13. The molecule has 6 heterocycles. The summed E-state index contributed by atoms with van der Waals surface area (Å²) >= 11 is 0. The van der Waals surface area contributed by atoms with Crippen LogP contribution in [0.25, 0.3) is 0 Å². The number of rotatable bonds is 26. The standard InChI is InChI=1S/C58H110O14Si3/c1-39-20-21-46(67-51(39)44(6)54(59)65-37-62-25-28-74(14,15)16)32-47-33-48(60-10)45(7)58(69-47)43(5)34-56(9,72-58)50-22-23-55(8,70-50)53-41(3)31-49(68-53)52-40(2)30-42(4)57(71-52,66-38-63-26-29-75(17,18)19)35-64-36-61-24-27-73(11,12)13/h39-53H,20-38H2,1-19H3/t39-,40?,41-,42?,43+,44+,45+,46+,47+,48+,49+,50+,51+,52-,53+,55-,56-,57-,58?/m0/s1. The lowest BCUT2D eigenvalue weighted by Gasteiger charge is -2.50. The van der Waals surface area contributed by atoms with Crippen LogP contribution in [-0.4, -0.2) is 156 Å². The van der Waals surface area contributed by atoms with Gasteiger partial charge in [-0.2, -0.15) is 0 Å². The van der Waals surface area contributed by atoms with Gasteiger partial charge in [0.15, 0.2) is 18.4 Å². The Morgan fingerprint density at radius 1 is 0.653 bits per heavy atom. The largest absolute Gasteiger partial charge is 0.438 e. The van der Waals surface area contributed by atoms with Crippen LogP contribution < -0.4 is 0 Å². The molecule has 19 atom stereocenters. The molecule has 14 nitrogen and oxygen atoms in total. The molecule has 6 aliphatic rings. The van der Waals surface area contributed by atoms with Crippen LogP contribution in [0.1, 0.15) is 120 Å². The predicted octanol–water partition coefficient (Wildman–Crippen LogP) is 12.1. The van der Waals surface area contributed by atoms with E-state index in [1.807, 2.05) is 14.0 Å². The quantitative estimate of drug-likeness (QED) is 0.0351. The van der Waals surface area contributed by atoms with E-state index < -0.39 is 52.9 Å². The van der Waals surface area contributed by atoms with Gasteiger partial charge in [-0.15, -0.1) is 0 Å². The molecular weight excluding hydrogens is 1000 g/mol. The van der Waals surface area contributed by atoms with Gasteiger partial charge in [0, 0.05) is 81.7 Å². The Morgan fingerprint density at radius 2 is 1.28 bits per heavy atom. The summed E-state index contributed by atoms with van der Waals surface area (Å²) in [6.45, 7) is 43.5. The molecule has 6 rings (SSSR count). The van der Waals surface area contributed by atoms with Crippen molar-refractivity contribution in [3.05, 3.63) is 0 Å². The Labute approximate surface area is 458 Å². The van der Waals surface area contributed by atoms with Crippen molar-refractivity contribution in [3.8, 4) is 0 Å². The second kappa shape index (κ2) is 26.3. The van der Waals surface area contributed by atoms with Gasteiger partial charge in [0.2, 0.25) is 0 Å². The molecule has 1 spiro atoms. The van der Waals surface area contributed by atoms with Gasteiger partial charge in [-0.3, -0.25) is 4.79 Å². The molecule has 0 aromatic rings. The Kier molecular flexibility index (Phi) is 22.3. The van der Waals surface area contributed by atoms with Crippen LogP contribution in [-0.2, 0) is 66.4 Å². The molecule has 75 heavy (non-hydrogen) atoms. The highest BCUT2D eigenvalue weighted by atomic mass is 28.3. The van der Waals surface area contributed by atoms with E-state index in [0.29, 0.717) is 26.2 Å². The maximum absolute atomic E-state index is 13.3. The minimum atomic E-state index is -1.27. The summed E-state index contributed by atoms with van der Waals surface area (Å²) in [7, 11) is -1.91. The Hall–Kier alpha value is -0.359. The van der Waals surface area contributed by atoms with E-state index >= 15 is 0 Å². The third kappa shape index (κ3) is 16.7. The van der Waals surface area contributed by atoms with Gasteiger partial charge >= 0.3 is 5.97 Å². The van der Waals surface area contributed by atoms with Gasteiger partial charge < -0.3 is 61.6 Å². The summed E-state index contributed by atoms with van der Waals surface area (Å²) in [5, 5.41) is 0. The lowest BCUT2D eigenvalue weighted by Crippen LogP contribution is -2.58. The van der Waals surface area contributed by atoms with Crippen LogP contribution >= 0.6 is 0 Å². The molecule has 0 radical (unpaired) electrons. The van der Waals surface area contributed by atoms with Crippen molar-refractivity contribution >= 4 is 30.2 Å². The van der Waals surface area contributed by atoms with Crippen molar-refractivity contribution in [3.63, 3.8) is 0 Å². The van der Waals surface area contributed by atoms with Gasteiger partial charge in [0.25, 0.3) is 0 Å². The van der Waals surface area contributed by atoms with E-state index in [1.54, 1.807) is 0 Å². The van der Waals surface area contributed by atoms with Crippen molar-refractivity contribution in [2.75, 3.05) is 53.9 Å². The first-order chi connectivity index (χ1) is 34.9. The zero-order valence-electron chi connectivity index (χ0n) is 50.8. The van der Waals surface area contributed by atoms with E-state index in [9.17, 15) is 4.79 Å². The number of hydrogen-bond acceptors (Lipinski definition) is 14. The maximum Gasteiger partial charge on any atom is 0.313 e. The Bertz CT molecular complexity index is 1780. The van der Waals surface area contributed by atoms with Crippen molar-refractivity contribution < 1.29 is 66.4 Å². The van der Waals surface area contributed by atoms with Gasteiger partial charge in [-0.25, -0.2) is 0 Å². The topological polar surface area (TPSA) is 137 Å². The lowest BCUT2D eigenvalue weighted by atomic mass is 9.78. The molecule has 0 aromatic carbocycles. The third-order valence-corrected chi connectivity index (χ3v) is 23.4. The van der Waals surface area contributed by atoms with E-state index in [-0.39, 0.29) is 117 Å². The van der Waals surface area contributed by atoms with E-state index in [2.05, 4.69) is 114 Å². The molecular formula is C58H110O14Si3. The fourth-order valence-corrected chi connectivity index (χ4v) is 15.7. The molecule has 0 N–H and O–H groups in total. The summed E-state index contributed by atoms with van der Waals surface area (Å²) in [5.74, 6) is -1.67. The second-order valence-electron chi connectivity index (χ2n) is 28.8. The molecule has 438 valence electrons. The molecule has 6 aliphatic heterocycles. The molecule has 0 amide bonds. The zero-order chi connectivity index (χ0) is 55.4. The lowest BCUT2D eigenvalue weighted by molar-refractivity contribution is -0.364. The molecule has 0 aromatic heterocycles. The van der Waals surface area contributed by atoms with Crippen LogP contribution in [0.2, 0.25) is 77.1 Å². The number of methoxy groups -OCH3 is 1. The highest BCUT2D eigenvalue weighted by Crippen LogP contribution is 2.57. The number of hydrogen-bond donors (Lipinski definition) is 0. The number of carbonyl (C=O) groups excluding carboxylic acids is 1.